The van der Waals surface area contributed by atoms with Gasteiger partial charge in [0, 0.05) is 6.08 Å². The zero-order chi connectivity index (χ0) is 6.85. The highest BCUT2D eigenvalue weighted by atomic mass is 16.6. The lowest BCUT2D eigenvalue weighted by molar-refractivity contribution is -0.155. The molecule has 0 aliphatic carbocycles. The summed E-state index contributed by atoms with van der Waals surface area (Å²) in [6, 6.07) is 0. The maximum absolute atomic E-state index is 10.2. The molecule has 0 saturated carbocycles. The van der Waals surface area contributed by atoms with E-state index < -0.39 is 18.0 Å². The minimum Gasteiger partial charge on any atom is -0.478 e. The molecular weight excluding hydrogens is 124 g/mol. The molecule has 0 saturated heterocycles. The van der Waals surface area contributed by atoms with Crippen molar-refractivity contribution < 1.29 is 19.4 Å². The SMILES string of the molecule is O=C1C=CC(C(=O)O)O1. The highest BCUT2D eigenvalue weighted by molar-refractivity contribution is 5.90. The Balaban J connectivity index is 2.60. The van der Waals surface area contributed by atoms with E-state index in [-0.39, 0.29) is 0 Å². The van der Waals surface area contributed by atoms with Gasteiger partial charge in [-0.1, -0.05) is 0 Å². The minimum absolute atomic E-state index is 0.595. The first-order valence-electron chi connectivity index (χ1n) is 2.32. The number of cyclic esters (lactones) is 1. The van der Waals surface area contributed by atoms with Crippen LogP contribution in [0, 0.1) is 0 Å². The summed E-state index contributed by atoms with van der Waals surface area (Å²) in [6.45, 7) is 0. The molecule has 4 heteroatoms. The topological polar surface area (TPSA) is 63.6 Å². The Morgan fingerprint density at radius 3 is 2.67 bits per heavy atom. The van der Waals surface area contributed by atoms with Crippen LogP contribution in [0.1, 0.15) is 0 Å². The molecule has 48 valence electrons. The van der Waals surface area contributed by atoms with Crippen LogP contribution in [0.2, 0.25) is 0 Å². The Bertz CT molecular complexity index is 181. The van der Waals surface area contributed by atoms with Gasteiger partial charge in [-0.2, -0.15) is 0 Å². The van der Waals surface area contributed by atoms with Gasteiger partial charge in [-0.15, -0.1) is 0 Å². The number of carbonyl (C=O) groups is 2. The second kappa shape index (κ2) is 1.89. The molecule has 0 aromatic rings. The van der Waals surface area contributed by atoms with Gasteiger partial charge in [0.2, 0.25) is 6.10 Å². The number of hydrogen-bond acceptors (Lipinski definition) is 3. The van der Waals surface area contributed by atoms with Crippen LogP contribution < -0.4 is 0 Å². The largest absolute Gasteiger partial charge is 0.478 e. The Kier molecular flexibility index (Phi) is 1.22. The molecule has 0 aromatic heterocycles. The van der Waals surface area contributed by atoms with Crippen LogP contribution in [0.25, 0.3) is 0 Å². The average Bonchev–Trinajstić information content (AvgIpc) is 2.14. The fraction of sp³-hybridized carbons (Fsp3) is 0.200. The number of carboxylic acid groups (broad SMARTS) is 1. The van der Waals surface area contributed by atoms with E-state index in [4.69, 9.17) is 5.11 Å². The van der Waals surface area contributed by atoms with E-state index in [1.807, 2.05) is 0 Å². The third kappa shape index (κ3) is 1.07. The van der Waals surface area contributed by atoms with E-state index in [1.165, 1.54) is 6.08 Å². The number of hydrogen-bond donors (Lipinski definition) is 1. The van der Waals surface area contributed by atoms with Crippen LogP contribution in [0.3, 0.4) is 0 Å². The molecule has 4 nitrogen and oxygen atoms in total. The lowest BCUT2D eigenvalue weighted by Gasteiger charge is -1.98. The van der Waals surface area contributed by atoms with Crippen molar-refractivity contribution in [2.45, 2.75) is 6.10 Å². The van der Waals surface area contributed by atoms with Crippen LogP contribution in [0.5, 0.6) is 0 Å². The van der Waals surface area contributed by atoms with Gasteiger partial charge in [-0.05, 0) is 6.08 Å². The summed E-state index contributed by atoms with van der Waals surface area (Å²) < 4.78 is 4.27. The molecule has 1 aliphatic heterocycles. The lowest BCUT2D eigenvalue weighted by Crippen LogP contribution is -2.18. The van der Waals surface area contributed by atoms with Crippen molar-refractivity contribution in [2.75, 3.05) is 0 Å². The summed E-state index contributed by atoms with van der Waals surface area (Å²) in [4.78, 5) is 20.2. The molecule has 1 rings (SSSR count). The summed E-state index contributed by atoms with van der Waals surface area (Å²) in [5, 5.41) is 8.20. The summed E-state index contributed by atoms with van der Waals surface area (Å²) >= 11 is 0. The number of esters is 1. The van der Waals surface area contributed by atoms with Crippen LogP contribution in [-0.4, -0.2) is 23.1 Å². The molecule has 0 aromatic carbocycles. The monoisotopic (exact) mass is 128 g/mol. The van der Waals surface area contributed by atoms with Gasteiger partial charge in [0.1, 0.15) is 0 Å². The second-order valence-corrected chi connectivity index (χ2v) is 1.55. The third-order valence-electron chi connectivity index (χ3n) is 0.894. The number of aliphatic carboxylic acids is 1. The molecule has 1 atom stereocenters. The molecule has 1 unspecified atom stereocenters. The molecule has 0 fully saturated rings. The maximum Gasteiger partial charge on any atom is 0.349 e. The van der Waals surface area contributed by atoms with Crippen molar-refractivity contribution in [3.05, 3.63) is 12.2 Å². The molecule has 0 spiro atoms. The summed E-state index contributed by atoms with van der Waals surface area (Å²) in [5.41, 5.74) is 0. The number of carboxylic acids is 1. The molecular formula is C5H4O4. The van der Waals surface area contributed by atoms with Gasteiger partial charge < -0.3 is 9.84 Å². The number of ether oxygens (including phenoxy) is 1. The Morgan fingerprint density at radius 1 is 1.78 bits per heavy atom. The van der Waals surface area contributed by atoms with Gasteiger partial charge >= 0.3 is 11.9 Å². The maximum atomic E-state index is 10.2. The van der Waals surface area contributed by atoms with Crippen molar-refractivity contribution in [1.82, 2.24) is 0 Å². The molecule has 0 bridgehead atoms. The van der Waals surface area contributed by atoms with Gasteiger partial charge in [-0.3, -0.25) is 0 Å². The van der Waals surface area contributed by atoms with Crippen LogP contribution in [0.15, 0.2) is 12.2 Å². The summed E-state index contributed by atoms with van der Waals surface area (Å²) in [5.74, 6) is -1.74. The fourth-order valence-corrected chi connectivity index (χ4v) is 0.502. The van der Waals surface area contributed by atoms with Crippen LogP contribution in [0.4, 0.5) is 0 Å². The first-order chi connectivity index (χ1) is 4.20. The average molecular weight is 128 g/mol. The highest BCUT2D eigenvalue weighted by Gasteiger charge is 2.22. The number of rotatable bonds is 1. The van der Waals surface area contributed by atoms with Crippen LogP contribution in [-0.2, 0) is 14.3 Å². The zero-order valence-electron chi connectivity index (χ0n) is 4.40. The predicted octanol–water partition coefficient (Wildman–Crippen LogP) is -0.447. The van der Waals surface area contributed by atoms with Crippen molar-refractivity contribution in [1.29, 1.82) is 0 Å². The minimum atomic E-state index is -1.14. The molecule has 1 aliphatic rings. The zero-order valence-corrected chi connectivity index (χ0v) is 4.40. The first kappa shape index (κ1) is 5.81. The normalized spacial score (nSPS) is 24.0. The van der Waals surface area contributed by atoms with Crippen molar-refractivity contribution in [3.8, 4) is 0 Å². The summed E-state index contributed by atoms with van der Waals surface area (Å²) in [7, 11) is 0. The lowest BCUT2D eigenvalue weighted by atomic mass is 10.4. The third-order valence-corrected chi connectivity index (χ3v) is 0.894. The molecule has 9 heavy (non-hydrogen) atoms. The van der Waals surface area contributed by atoms with E-state index >= 15 is 0 Å². The van der Waals surface area contributed by atoms with E-state index in [2.05, 4.69) is 4.74 Å². The van der Waals surface area contributed by atoms with E-state index in [0.717, 1.165) is 6.08 Å². The Hall–Kier alpha value is -1.32. The molecule has 1 N–H and O–H groups in total. The Morgan fingerprint density at radius 2 is 2.44 bits per heavy atom. The van der Waals surface area contributed by atoms with Gasteiger partial charge in [0.05, 0.1) is 0 Å². The summed E-state index contributed by atoms with van der Waals surface area (Å²) in [6.07, 6.45) is 1.22. The van der Waals surface area contributed by atoms with E-state index in [0.29, 0.717) is 0 Å². The van der Waals surface area contributed by atoms with Crippen molar-refractivity contribution in [2.24, 2.45) is 0 Å². The van der Waals surface area contributed by atoms with Crippen molar-refractivity contribution >= 4 is 11.9 Å². The Labute approximate surface area is 50.7 Å². The smallest absolute Gasteiger partial charge is 0.349 e. The first-order valence-corrected chi connectivity index (χ1v) is 2.32. The highest BCUT2D eigenvalue weighted by Crippen LogP contribution is 2.03. The van der Waals surface area contributed by atoms with E-state index in [9.17, 15) is 9.59 Å². The van der Waals surface area contributed by atoms with Gasteiger partial charge in [-0.25, -0.2) is 9.59 Å². The molecule has 0 amide bonds. The van der Waals surface area contributed by atoms with E-state index in [1.54, 1.807) is 0 Å². The van der Waals surface area contributed by atoms with Gasteiger partial charge in [0.25, 0.3) is 0 Å². The quantitative estimate of drug-likeness (QED) is 0.486. The standard InChI is InChI=1S/C5H4O4/c6-4-2-1-3(9-4)5(7)8/h1-3H,(H,7,8). The number of carbonyl (C=O) groups excluding carboxylic acids is 1. The van der Waals surface area contributed by atoms with Gasteiger partial charge in [0.15, 0.2) is 0 Å². The molecule has 0 radical (unpaired) electrons. The van der Waals surface area contributed by atoms with Crippen molar-refractivity contribution in [3.63, 3.8) is 0 Å². The fourth-order valence-electron chi connectivity index (χ4n) is 0.502. The predicted molar refractivity (Wildman–Crippen MR) is 26.7 cm³/mol. The van der Waals surface area contributed by atoms with Crippen LogP contribution >= 0.6 is 0 Å². The second-order valence-electron chi connectivity index (χ2n) is 1.55. The molecule has 1 heterocycles.